The van der Waals surface area contributed by atoms with Crippen LogP contribution in [0.15, 0.2) is 24.3 Å². The molecule has 0 saturated carbocycles. The van der Waals surface area contributed by atoms with E-state index in [4.69, 9.17) is 4.74 Å². The molecule has 5 nitrogen and oxygen atoms in total. The predicted molar refractivity (Wildman–Crippen MR) is 106 cm³/mol. The Labute approximate surface area is 161 Å². The van der Waals surface area contributed by atoms with Crippen molar-refractivity contribution in [3.63, 3.8) is 0 Å². The largest absolute Gasteiger partial charge is 0.496 e. The maximum Gasteiger partial charge on any atom is 0.236 e. The van der Waals surface area contributed by atoms with E-state index in [1.54, 1.807) is 18.9 Å². The molecule has 1 aliphatic rings. The monoisotopic (exact) mass is 378 g/mol. The van der Waals surface area contributed by atoms with Crippen LogP contribution in [-0.2, 0) is 9.59 Å². The van der Waals surface area contributed by atoms with Crippen LogP contribution in [0.3, 0.4) is 0 Å². The molecule has 144 valence electrons. The molecule has 1 aliphatic heterocycles. The molecule has 0 unspecified atom stereocenters. The van der Waals surface area contributed by atoms with Crippen molar-refractivity contribution in [2.45, 2.75) is 51.3 Å². The van der Waals surface area contributed by atoms with Gasteiger partial charge in [-0.1, -0.05) is 32.0 Å². The third-order valence-electron chi connectivity index (χ3n) is 4.63. The molecule has 0 spiro atoms. The zero-order valence-corrected chi connectivity index (χ0v) is 17.4. The van der Waals surface area contributed by atoms with Crippen LogP contribution in [0.2, 0.25) is 0 Å². The molecule has 0 aliphatic carbocycles. The van der Waals surface area contributed by atoms with E-state index < -0.39 is 0 Å². The van der Waals surface area contributed by atoms with Crippen molar-refractivity contribution in [3.8, 4) is 5.75 Å². The minimum absolute atomic E-state index is 0.0509. The summed E-state index contributed by atoms with van der Waals surface area (Å²) in [6.07, 6.45) is 0. The van der Waals surface area contributed by atoms with Crippen LogP contribution in [0.25, 0.3) is 0 Å². The molecule has 2 rings (SSSR count). The molecule has 1 fully saturated rings. The third-order valence-corrected chi connectivity index (χ3v) is 6.01. The van der Waals surface area contributed by atoms with Gasteiger partial charge in [-0.3, -0.25) is 9.59 Å². The van der Waals surface area contributed by atoms with Crippen LogP contribution >= 0.6 is 11.8 Å². The van der Waals surface area contributed by atoms with E-state index in [2.05, 4.69) is 0 Å². The normalized spacial score (nSPS) is 20.2. The zero-order chi connectivity index (χ0) is 19.4. The second-order valence-corrected chi connectivity index (χ2v) is 8.61. The fraction of sp³-hybridized carbons (Fsp3) is 0.600. The molecular weight excluding hydrogens is 348 g/mol. The van der Waals surface area contributed by atoms with Gasteiger partial charge in [0.15, 0.2) is 0 Å². The number of carbonyl (C=O) groups excluding carboxylic acids is 2. The highest BCUT2D eigenvalue weighted by molar-refractivity contribution is 8.01. The average molecular weight is 379 g/mol. The molecule has 0 N–H and O–H groups in total. The van der Waals surface area contributed by atoms with Crippen molar-refractivity contribution in [3.05, 3.63) is 29.8 Å². The molecule has 0 radical (unpaired) electrons. The Morgan fingerprint density at radius 1 is 1.27 bits per heavy atom. The van der Waals surface area contributed by atoms with Gasteiger partial charge in [0.1, 0.15) is 11.1 Å². The van der Waals surface area contributed by atoms with Gasteiger partial charge in [0.2, 0.25) is 11.8 Å². The Balaban J connectivity index is 2.21. The summed E-state index contributed by atoms with van der Waals surface area (Å²) in [5.74, 6) is 0.980. The first-order valence-electron chi connectivity index (χ1n) is 9.17. The lowest BCUT2D eigenvalue weighted by Gasteiger charge is -2.32. The summed E-state index contributed by atoms with van der Waals surface area (Å²) in [5, 5.41) is -0.185. The van der Waals surface area contributed by atoms with Crippen LogP contribution in [0, 0.1) is 5.92 Å². The SMILES string of the molecule is COc1ccccc1[C@H]1S[C@H](C)C(=O)N1CCN(C(=O)C(C)C)C(C)C. The lowest BCUT2D eigenvalue weighted by molar-refractivity contribution is -0.138. The Bertz CT molecular complexity index is 648. The van der Waals surface area contributed by atoms with Gasteiger partial charge in [-0.15, -0.1) is 11.8 Å². The summed E-state index contributed by atoms with van der Waals surface area (Å²) in [5.41, 5.74) is 1.00. The van der Waals surface area contributed by atoms with Crippen LogP contribution in [0.1, 0.15) is 45.6 Å². The maximum absolute atomic E-state index is 12.7. The predicted octanol–water partition coefficient (Wildman–Crippen LogP) is 3.55. The minimum atomic E-state index is -0.0989. The van der Waals surface area contributed by atoms with Crippen molar-refractivity contribution in [1.29, 1.82) is 0 Å². The summed E-state index contributed by atoms with van der Waals surface area (Å²) in [4.78, 5) is 29.0. The first-order valence-corrected chi connectivity index (χ1v) is 10.1. The van der Waals surface area contributed by atoms with Crippen LogP contribution in [0.5, 0.6) is 5.75 Å². The van der Waals surface area contributed by atoms with Gasteiger partial charge in [-0.2, -0.15) is 0 Å². The van der Waals surface area contributed by atoms with E-state index >= 15 is 0 Å². The van der Waals surface area contributed by atoms with Gasteiger partial charge in [-0.05, 0) is 26.8 Å². The fourth-order valence-corrected chi connectivity index (χ4v) is 4.52. The van der Waals surface area contributed by atoms with Gasteiger partial charge in [0.25, 0.3) is 0 Å². The summed E-state index contributed by atoms with van der Waals surface area (Å²) < 4.78 is 5.49. The second kappa shape index (κ2) is 8.80. The van der Waals surface area contributed by atoms with E-state index in [0.29, 0.717) is 13.1 Å². The molecular formula is C20H30N2O3S. The number of hydrogen-bond acceptors (Lipinski definition) is 4. The lowest BCUT2D eigenvalue weighted by atomic mass is 10.1. The molecule has 1 aromatic rings. The van der Waals surface area contributed by atoms with E-state index in [9.17, 15) is 9.59 Å². The number of carbonyl (C=O) groups is 2. The van der Waals surface area contributed by atoms with Gasteiger partial charge >= 0.3 is 0 Å². The molecule has 1 heterocycles. The molecule has 6 heteroatoms. The smallest absolute Gasteiger partial charge is 0.236 e. The second-order valence-electron chi connectivity index (χ2n) is 7.18. The summed E-state index contributed by atoms with van der Waals surface area (Å²) in [6, 6.07) is 7.93. The first kappa shape index (κ1) is 20.6. The van der Waals surface area contributed by atoms with Crippen molar-refractivity contribution in [2.75, 3.05) is 20.2 Å². The average Bonchev–Trinajstić information content (AvgIpc) is 2.89. The van der Waals surface area contributed by atoms with E-state index in [-0.39, 0.29) is 34.4 Å². The van der Waals surface area contributed by atoms with Crippen LogP contribution in [0.4, 0.5) is 0 Å². The Morgan fingerprint density at radius 2 is 1.92 bits per heavy atom. The van der Waals surface area contributed by atoms with Crippen molar-refractivity contribution in [1.82, 2.24) is 9.80 Å². The minimum Gasteiger partial charge on any atom is -0.496 e. The van der Waals surface area contributed by atoms with E-state index in [1.807, 2.05) is 68.7 Å². The summed E-state index contributed by atoms with van der Waals surface area (Å²) >= 11 is 1.63. The molecule has 2 amide bonds. The highest BCUT2D eigenvalue weighted by Gasteiger charge is 2.39. The molecule has 1 saturated heterocycles. The number of rotatable bonds is 7. The van der Waals surface area contributed by atoms with Gasteiger partial charge < -0.3 is 14.5 Å². The molecule has 2 atom stereocenters. The standard InChI is InChI=1S/C20H30N2O3S/c1-13(2)18(23)21(14(3)4)11-12-22-19(24)15(5)26-20(22)16-9-7-8-10-17(16)25-6/h7-10,13-15,20H,11-12H2,1-6H3/t15-,20-/m1/s1. The Hall–Kier alpha value is -1.69. The number of amides is 2. The summed E-state index contributed by atoms with van der Waals surface area (Å²) in [7, 11) is 1.65. The lowest BCUT2D eigenvalue weighted by Crippen LogP contribution is -2.45. The number of benzene rings is 1. The number of hydrogen-bond donors (Lipinski definition) is 0. The van der Waals surface area contributed by atoms with Gasteiger partial charge in [0, 0.05) is 30.6 Å². The molecule has 0 aromatic heterocycles. The maximum atomic E-state index is 12.7. The van der Waals surface area contributed by atoms with Crippen molar-refractivity contribution < 1.29 is 14.3 Å². The first-order chi connectivity index (χ1) is 12.3. The van der Waals surface area contributed by atoms with Crippen molar-refractivity contribution >= 4 is 23.6 Å². The van der Waals surface area contributed by atoms with E-state index in [1.165, 1.54) is 0 Å². The molecule has 1 aromatic carbocycles. The molecule has 0 bridgehead atoms. The Morgan fingerprint density at radius 3 is 2.50 bits per heavy atom. The number of nitrogens with zero attached hydrogens (tertiary/aromatic N) is 2. The van der Waals surface area contributed by atoms with Crippen molar-refractivity contribution in [2.24, 2.45) is 5.92 Å². The summed E-state index contributed by atoms with van der Waals surface area (Å²) in [6.45, 7) is 10.9. The highest BCUT2D eigenvalue weighted by Crippen LogP contribution is 2.45. The number of ether oxygens (including phenoxy) is 1. The third kappa shape index (κ3) is 4.34. The van der Waals surface area contributed by atoms with Gasteiger partial charge in [-0.25, -0.2) is 0 Å². The van der Waals surface area contributed by atoms with Crippen LogP contribution in [-0.4, -0.2) is 53.1 Å². The Kier molecular flexibility index (Phi) is 6.98. The quantitative estimate of drug-likeness (QED) is 0.728. The highest BCUT2D eigenvalue weighted by atomic mass is 32.2. The van der Waals surface area contributed by atoms with E-state index in [0.717, 1.165) is 11.3 Å². The zero-order valence-electron chi connectivity index (χ0n) is 16.6. The topological polar surface area (TPSA) is 49.9 Å². The number of methoxy groups -OCH3 is 1. The fourth-order valence-electron chi connectivity index (χ4n) is 3.18. The van der Waals surface area contributed by atoms with Gasteiger partial charge in [0.05, 0.1) is 12.4 Å². The molecule has 26 heavy (non-hydrogen) atoms. The van der Waals surface area contributed by atoms with Crippen LogP contribution < -0.4 is 4.74 Å². The number of para-hydroxylation sites is 1. The number of thioether (sulfide) groups is 1.